The zero-order valence-electron chi connectivity index (χ0n) is 6.09. The number of nitrogens with zero attached hydrogens (tertiary/aromatic N) is 1. The predicted molar refractivity (Wildman–Crippen MR) is 38.0 cm³/mol. The molecule has 1 heteroatoms. The molecule has 1 nitrogen and oxygen atoms in total. The van der Waals surface area contributed by atoms with Gasteiger partial charge in [0.15, 0.2) is 0 Å². The van der Waals surface area contributed by atoms with Gasteiger partial charge in [-0.25, -0.2) is 0 Å². The van der Waals surface area contributed by atoms with Gasteiger partial charge in [0.1, 0.15) is 0 Å². The maximum absolute atomic E-state index is 2.31. The lowest BCUT2D eigenvalue weighted by atomic mass is 10.1. The molecular formula is C8H13N. The molecular weight excluding hydrogens is 110 g/mol. The van der Waals surface area contributed by atoms with Crippen LogP contribution < -0.4 is 0 Å². The molecule has 0 aromatic carbocycles. The van der Waals surface area contributed by atoms with Gasteiger partial charge in [-0.2, -0.15) is 0 Å². The number of fused-ring (bicyclic) bond motifs is 1. The minimum absolute atomic E-state index is 0.973. The molecule has 1 aliphatic heterocycles. The minimum Gasteiger partial charge on any atom is -0.380 e. The highest BCUT2D eigenvalue weighted by Gasteiger charge is 2.40. The molecule has 0 radical (unpaired) electrons. The fourth-order valence-corrected chi connectivity index (χ4v) is 1.87. The van der Waals surface area contributed by atoms with Gasteiger partial charge in [0.25, 0.3) is 0 Å². The monoisotopic (exact) mass is 123 g/mol. The number of hydrogen-bond donors (Lipinski definition) is 0. The van der Waals surface area contributed by atoms with Gasteiger partial charge in [0, 0.05) is 13.6 Å². The summed E-state index contributed by atoms with van der Waals surface area (Å²) in [5.74, 6) is 1.99. The van der Waals surface area contributed by atoms with Crippen molar-refractivity contribution in [3.05, 3.63) is 11.8 Å². The Kier molecular flexibility index (Phi) is 0.904. The van der Waals surface area contributed by atoms with E-state index in [1.165, 1.54) is 13.0 Å². The molecule has 50 valence electrons. The summed E-state index contributed by atoms with van der Waals surface area (Å²) in [6.45, 7) is 3.54. The predicted octanol–water partition coefficient (Wildman–Crippen LogP) is 1.47. The van der Waals surface area contributed by atoms with Crippen LogP contribution in [0.3, 0.4) is 0 Å². The van der Waals surface area contributed by atoms with E-state index >= 15 is 0 Å². The van der Waals surface area contributed by atoms with Crippen LogP contribution >= 0.6 is 0 Å². The topological polar surface area (TPSA) is 3.24 Å². The Labute approximate surface area is 56.4 Å². The van der Waals surface area contributed by atoms with Crippen molar-refractivity contribution in [2.75, 3.05) is 13.6 Å². The second-order valence-corrected chi connectivity index (χ2v) is 3.41. The third-order valence-electron chi connectivity index (χ3n) is 2.45. The highest BCUT2D eigenvalue weighted by molar-refractivity contribution is 5.16. The normalized spacial score (nSPS) is 39.8. The molecule has 0 bridgehead atoms. The van der Waals surface area contributed by atoms with Gasteiger partial charge in [-0.1, -0.05) is 5.57 Å². The van der Waals surface area contributed by atoms with E-state index in [0.29, 0.717) is 0 Å². The molecule has 2 rings (SSSR count). The summed E-state index contributed by atoms with van der Waals surface area (Å²) in [5, 5.41) is 0. The van der Waals surface area contributed by atoms with Crippen molar-refractivity contribution < 1.29 is 0 Å². The smallest absolute Gasteiger partial charge is 0.0203 e. The van der Waals surface area contributed by atoms with E-state index in [4.69, 9.17) is 0 Å². The van der Waals surface area contributed by atoms with E-state index in [1.807, 2.05) is 0 Å². The van der Waals surface area contributed by atoms with Gasteiger partial charge in [0.2, 0.25) is 0 Å². The highest BCUT2D eigenvalue weighted by Crippen LogP contribution is 2.46. The SMILES string of the molecule is CC1=CN(C)CC2CC12. The first kappa shape index (κ1) is 5.33. The Morgan fingerprint density at radius 3 is 3.11 bits per heavy atom. The van der Waals surface area contributed by atoms with Crippen molar-refractivity contribution in [3.8, 4) is 0 Å². The molecule has 0 saturated heterocycles. The van der Waals surface area contributed by atoms with Crippen molar-refractivity contribution in [3.63, 3.8) is 0 Å². The second-order valence-electron chi connectivity index (χ2n) is 3.41. The number of hydrogen-bond acceptors (Lipinski definition) is 1. The van der Waals surface area contributed by atoms with Gasteiger partial charge in [-0.3, -0.25) is 0 Å². The van der Waals surface area contributed by atoms with Crippen LogP contribution in [0.1, 0.15) is 13.3 Å². The Hall–Kier alpha value is -0.460. The Bertz CT molecular complexity index is 160. The molecule has 1 heterocycles. The zero-order chi connectivity index (χ0) is 6.43. The summed E-state index contributed by atoms with van der Waals surface area (Å²) in [4.78, 5) is 2.31. The van der Waals surface area contributed by atoms with Crippen molar-refractivity contribution >= 4 is 0 Å². The van der Waals surface area contributed by atoms with Crippen molar-refractivity contribution in [1.82, 2.24) is 4.90 Å². The molecule has 0 aromatic rings. The number of allylic oxidation sites excluding steroid dienone is 1. The van der Waals surface area contributed by atoms with E-state index in [0.717, 1.165) is 11.8 Å². The maximum Gasteiger partial charge on any atom is 0.0203 e. The molecule has 1 fully saturated rings. The van der Waals surface area contributed by atoms with Crippen LogP contribution in [0.15, 0.2) is 11.8 Å². The lowest BCUT2D eigenvalue weighted by Crippen LogP contribution is -2.19. The van der Waals surface area contributed by atoms with Crippen LogP contribution in [0.25, 0.3) is 0 Å². The van der Waals surface area contributed by atoms with Crippen LogP contribution in [-0.4, -0.2) is 18.5 Å². The van der Waals surface area contributed by atoms with E-state index < -0.39 is 0 Å². The van der Waals surface area contributed by atoms with Crippen molar-refractivity contribution in [1.29, 1.82) is 0 Å². The Morgan fingerprint density at radius 1 is 1.67 bits per heavy atom. The van der Waals surface area contributed by atoms with Crippen molar-refractivity contribution in [2.45, 2.75) is 13.3 Å². The van der Waals surface area contributed by atoms with Crippen LogP contribution in [0.2, 0.25) is 0 Å². The lowest BCUT2D eigenvalue weighted by Gasteiger charge is -2.19. The van der Waals surface area contributed by atoms with Gasteiger partial charge >= 0.3 is 0 Å². The molecule has 0 spiro atoms. The Balaban J connectivity index is 2.18. The fourth-order valence-electron chi connectivity index (χ4n) is 1.87. The van der Waals surface area contributed by atoms with Crippen molar-refractivity contribution in [2.24, 2.45) is 11.8 Å². The average molecular weight is 123 g/mol. The Morgan fingerprint density at radius 2 is 2.44 bits per heavy atom. The summed E-state index contributed by atoms with van der Waals surface area (Å²) >= 11 is 0. The largest absolute Gasteiger partial charge is 0.380 e. The highest BCUT2D eigenvalue weighted by atomic mass is 15.1. The molecule has 0 N–H and O–H groups in total. The van der Waals surface area contributed by atoms with E-state index in [1.54, 1.807) is 5.57 Å². The molecule has 9 heavy (non-hydrogen) atoms. The van der Waals surface area contributed by atoms with Crippen LogP contribution in [0.4, 0.5) is 0 Å². The lowest BCUT2D eigenvalue weighted by molar-refractivity contribution is 0.399. The first-order valence-corrected chi connectivity index (χ1v) is 3.66. The molecule has 1 aliphatic carbocycles. The zero-order valence-corrected chi connectivity index (χ0v) is 6.09. The second kappa shape index (κ2) is 1.53. The summed E-state index contributed by atoms with van der Waals surface area (Å²) < 4.78 is 0. The first-order chi connectivity index (χ1) is 4.27. The summed E-state index contributed by atoms with van der Waals surface area (Å²) in [5.41, 5.74) is 1.59. The molecule has 0 aromatic heterocycles. The van der Waals surface area contributed by atoms with Crippen LogP contribution in [0, 0.1) is 11.8 Å². The number of rotatable bonds is 0. The van der Waals surface area contributed by atoms with Gasteiger partial charge < -0.3 is 4.90 Å². The molecule has 1 saturated carbocycles. The van der Waals surface area contributed by atoms with E-state index in [9.17, 15) is 0 Å². The molecule has 2 aliphatic rings. The third-order valence-corrected chi connectivity index (χ3v) is 2.45. The van der Waals surface area contributed by atoms with Gasteiger partial charge in [0.05, 0.1) is 0 Å². The van der Waals surface area contributed by atoms with Crippen LogP contribution in [0.5, 0.6) is 0 Å². The van der Waals surface area contributed by atoms with Gasteiger partial charge in [-0.15, -0.1) is 0 Å². The fraction of sp³-hybridized carbons (Fsp3) is 0.750. The molecule has 0 amide bonds. The maximum atomic E-state index is 2.31. The molecule has 2 atom stereocenters. The quantitative estimate of drug-likeness (QED) is 0.471. The summed E-state index contributed by atoms with van der Waals surface area (Å²) in [6.07, 6.45) is 3.74. The average Bonchev–Trinajstić information content (AvgIpc) is 2.43. The van der Waals surface area contributed by atoms with E-state index in [2.05, 4.69) is 25.1 Å². The first-order valence-electron chi connectivity index (χ1n) is 3.66. The third kappa shape index (κ3) is 0.752. The minimum atomic E-state index is 0.973. The standard InChI is InChI=1S/C8H13N/c1-6-4-9(2)5-7-3-8(6)7/h4,7-8H,3,5H2,1-2H3. The van der Waals surface area contributed by atoms with Gasteiger partial charge in [-0.05, 0) is 31.4 Å². The summed E-state index contributed by atoms with van der Waals surface area (Å²) in [7, 11) is 2.16. The summed E-state index contributed by atoms with van der Waals surface area (Å²) in [6, 6.07) is 0. The van der Waals surface area contributed by atoms with E-state index in [-0.39, 0.29) is 0 Å². The van der Waals surface area contributed by atoms with Crippen LogP contribution in [-0.2, 0) is 0 Å². The molecule has 2 unspecified atom stereocenters.